The number of quaternary nitrogens is 1. The average Bonchev–Trinajstić information content (AvgIpc) is 2.48. The van der Waals surface area contributed by atoms with Crippen molar-refractivity contribution in [1.29, 1.82) is 0 Å². The number of hydrogen-bond donors (Lipinski definition) is 2. The number of thioether (sulfide) groups is 1. The molecule has 2 rings (SSSR count). The third-order valence-electron chi connectivity index (χ3n) is 3.41. The summed E-state index contributed by atoms with van der Waals surface area (Å²) in [5.41, 5.74) is 0.183. The van der Waals surface area contributed by atoms with Crippen LogP contribution in [0.15, 0.2) is 22.7 Å². The van der Waals surface area contributed by atoms with Crippen LogP contribution in [-0.2, 0) is 4.79 Å². The lowest BCUT2D eigenvalue weighted by atomic mass is 10.3. The van der Waals surface area contributed by atoms with Gasteiger partial charge in [0.15, 0.2) is 0 Å². The molecule has 0 bridgehead atoms. The number of hydrogen-bond acceptors (Lipinski definition) is 3. The quantitative estimate of drug-likeness (QED) is 0.743. The summed E-state index contributed by atoms with van der Waals surface area (Å²) in [6, 6.07) is 4.53. The van der Waals surface area contributed by atoms with Crippen molar-refractivity contribution in [2.45, 2.75) is 0 Å². The Balaban J connectivity index is 1.79. The zero-order valence-electron chi connectivity index (χ0n) is 12.2. The van der Waals surface area contributed by atoms with E-state index in [1.54, 1.807) is 6.07 Å². The maximum Gasteiger partial charge on any atom is 0.234 e. The molecule has 0 aromatic heterocycles. The van der Waals surface area contributed by atoms with E-state index in [1.165, 1.54) is 28.8 Å². The second-order valence-electron chi connectivity index (χ2n) is 5.17. The van der Waals surface area contributed by atoms with Crippen molar-refractivity contribution < 1.29 is 14.1 Å². The zero-order valence-corrected chi connectivity index (χ0v) is 15.4. The molecule has 1 saturated heterocycles. The van der Waals surface area contributed by atoms with Crippen LogP contribution >= 0.6 is 39.9 Å². The highest BCUT2D eigenvalue weighted by Crippen LogP contribution is 2.19. The first-order chi connectivity index (χ1) is 10.5. The van der Waals surface area contributed by atoms with Crippen LogP contribution in [0.2, 0.25) is 0 Å². The lowest BCUT2D eigenvalue weighted by Crippen LogP contribution is -3.12. The number of piperazine rings is 1. The number of anilines is 1. The summed E-state index contributed by atoms with van der Waals surface area (Å²) in [7, 11) is 2.16. The summed E-state index contributed by atoms with van der Waals surface area (Å²) in [6.45, 7) is 3.94. The Morgan fingerprint density at radius 1 is 1.50 bits per heavy atom. The summed E-state index contributed by atoms with van der Waals surface area (Å²) in [4.78, 5) is 15.5. The summed E-state index contributed by atoms with van der Waals surface area (Å²) in [6.07, 6.45) is 0. The Kier molecular flexibility index (Phi) is 6.61. The SMILES string of the molecule is C[NH+]1CCN(C(=S)SCC(=O)Nc2ccc(Br)cc2F)CC1. The van der Waals surface area contributed by atoms with Crippen LogP contribution in [-0.4, -0.2) is 54.1 Å². The molecule has 1 fully saturated rings. The molecule has 0 radical (unpaired) electrons. The monoisotopic (exact) mass is 406 g/mol. The van der Waals surface area contributed by atoms with Gasteiger partial charge in [-0.25, -0.2) is 4.39 Å². The molecule has 8 heteroatoms. The Hall–Kier alpha value is -0.700. The molecule has 2 N–H and O–H groups in total. The third-order valence-corrected chi connectivity index (χ3v) is 5.42. The molecule has 0 spiro atoms. The molecule has 4 nitrogen and oxygen atoms in total. The predicted molar refractivity (Wildman–Crippen MR) is 96.0 cm³/mol. The minimum atomic E-state index is -0.461. The van der Waals surface area contributed by atoms with E-state index in [2.05, 4.69) is 33.2 Å². The van der Waals surface area contributed by atoms with E-state index < -0.39 is 5.82 Å². The number of nitrogens with one attached hydrogen (secondary N) is 2. The van der Waals surface area contributed by atoms with Crippen molar-refractivity contribution in [3.8, 4) is 0 Å². The minimum Gasteiger partial charge on any atom is -0.346 e. The number of amides is 1. The van der Waals surface area contributed by atoms with Crippen molar-refractivity contribution in [3.05, 3.63) is 28.5 Å². The summed E-state index contributed by atoms with van der Waals surface area (Å²) < 4.78 is 15.0. The standard InChI is InChI=1S/C14H17BrFN3OS2/c1-18-4-6-19(7-5-18)14(21)22-9-13(20)17-12-3-2-10(15)8-11(12)16/h2-3,8H,4-7,9H2,1H3,(H,17,20)/p+1. The van der Waals surface area contributed by atoms with Crippen molar-refractivity contribution in [2.24, 2.45) is 0 Å². The maximum absolute atomic E-state index is 13.6. The van der Waals surface area contributed by atoms with Crippen molar-refractivity contribution in [1.82, 2.24) is 4.90 Å². The Labute approximate surface area is 147 Å². The fourth-order valence-electron chi connectivity index (χ4n) is 2.07. The van der Waals surface area contributed by atoms with Gasteiger partial charge in [0.2, 0.25) is 5.91 Å². The van der Waals surface area contributed by atoms with Crippen LogP contribution in [0, 0.1) is 5.82 Å². The van der Waals surface area contributed by atoms with Crippen LogP contribution < -0.4 is 10.2 Å². The molecular formula is C14H18BrFN3OS2+. The highest BCUT2D eigenvalue weighted by atomic mass is 79.9. The minimum absolute atomic E-state index is 0.183. The number of carbonyl (C=O) groups is 1. The van der Waals surface area contributed by atoms with E-state index in [1.807, 2.05) is 0 Å². The molecule has 1 aromatic rings. The van der Waals surface area contributed by atoms with Gasteiger partial charge in [0.05, 0.1) is 44.7 Å². The molecule has 1 aliphatic heterocycles. The predicted octanol–water partition coefficient (Wildman–Crippen LogP) is 1.38. The van der Waals surface area contributed by atoms with Gasteiger partial charge >= 0.3 is 0 Å². The van der Waals surface area contributed by atoms with Gasteiger partial charge in [0.1, 0.15) is 10.1 Å². The lowest BCUT2D eigenvalue weighted by molar-refractivity contribution is -0.883. The van der Waals surface area contributed by atoms with Crippen LogP contribution in [0.5, 0.6) is 0 Å². The van der Waals surface area contributed by atoms with Gasteiger partial charge in [0, 0.05) is 4.47 Å². The molecule has 0 aliphatic carbocycles. The van der Waals surface area contributed by atoms with Gasteiger partial charge in [-0.3, -0.25) is 4.79 Å². The molecule has 1 aliphatic rings. The average molecular weight is 407 g/mol. The fraction of sp³-hybridized carbons (Fsp3) is 0.429. The largest absolute Gasteiger partial charge is 0.346 e. The van der Waals surface area contributed by atoms with E-state index in [0.29, 0.717) is 4.47 Å². The smallest absolute Gasteiger partial charge is 0.234 e. The van der Waals surface area contributed by atoms with Gasteiger partial charge in [-0.1, -0.05) is 39.9 Å². The molecular weight excluding hydrogens is 389 g/mol. The first-order valence-electron chi connectivity index (χ1n) is 6.93. The number of thiocarbonyl (C=S) groups is 1. The summed E-state index contributed by atoms with van der Waals surface area (Å²) in [5.74, 6) is -0.529. The number of halogens is 2. The zero-order chi connectivity index (χ0) is 16.1. The van der Waals surface area contributed by atoms with E-state index in [9.17, 15) is 9.18 Å². The number of carbonyl (C=O) groups excluding carboxylic acids is 1. The number of rotatable bonds is 3. The second-order valence-corrected chi connectivity index (χ2v) is 7.70. The topological polar surface area (TPSA) is 36.8 Å². The Morgan fingerprint density at radius 2 is 2.18 bits per heavy atom. The number of benzene rings is 1. The highest BCUT2D eigenvalue weighted by molar-refractivity contribution is 9.10. The first-order valence-corrected chi connectivity index (χ1v) is 9.12. The number of nitrogens with zero attached hydrogens (tertiary/aromatic N) is 1. The van der Waals surface area contributed by atoms with Gasteiger partial charge in [0.25, 0.3) is 0 Å². The molecule has 22 heavy (non-hydrogen) atoms. The molecule has 0 unspecified atom stereocenters. The lowest BCUT2D eigenvalue weighted by Gasteiger charge is -2.31. The van der Waals surface area contributed by atoms with Gasteiger partial charge in [-0.15, -0.1) is 0 Å². The van der Waals surface area contributed by atoms with Gasteiger partial charge in [-0.2, -0.15) is 0 Å². The van der Waals surface area contributed by atoms with E-state index in [0.717, 1.165) is 30.5 Å². The van der Waals surface area contributed by atoms with E-state index in [4.69, 9.17) is 12.2 Å². The van der Waals surface area contributed by atoms with Crippen LogP contribution in [0.25, 0.3) is 0 Å². The first kappa shape index (κ1) is 17.7. The summed E-state index contributed by atoms with van der Waals surface area (Å²) in [5, 5.41) is 2.56. The maximum atomic E-state index is 13.6. The van der Waals surface area contributed by atoms with Gasteiger partial charge < -0.3 is 15.1 Å². The second kappa shape index (κ2) is 8.24. The molecule has 1 heterocycles. The molecule has 0 saturated carbocycles. The van der Waals surface area contributed by atoms with Crippen molar-refractivity contribution in [2.75, 3.05) is 44.3 Å². The van der Waals surface area contributed by atoms with Crippen LogP contribution in [0.1, 0.15) is 0 Å². The van der Waals surface area contributed by atoms with Crippen LogP contribution in [0.3, 0.4) is 0 Å². The highest BCUT2D eigenvalue weighted by Gasteiger charge is 2.19. The molecule has 0 atom stereocenters. The number of likely N-dealkylation sites (N-methyl/N-ethyl adjacent to an activating group) is 1. The van der Waals surface area contributed by atoms with E-state index >= 15 is 0 Å². The fourth-order valence-corrected chi connectivity index (χ4v) is 3.45. The Bertz CT molecular complexity index is 565. The Morgan fingerprint density at radius 3 is 2.82 bits per heavy atom. The molecule has 120 valence electrons. The normalized spacial score (nSPS) is 15.7. The van der Waals surface area contributed by atoms with Crippen LogP contribution in [0.4, 0.5) is 10.1 Å². The molecule has 1 amide bonds. The molecule has 1 aromatic carbocycles. The van der Waals surface area contributed by atoms with Gasteiger partial charge in [-0.05, 0) is 18.2 Å². The third kappa shape index (κ3) is 5.19. The summed E-state index contributed by atoms with van der Waals surface area (Å²) >= 11 is 9.86. The van der Waals surface area contributed by atoms with E-state index in [-0.39, 0.29) is 17.3 Å². The van der Waals surface area contributed by atoms with Crippen molar-refractivity contribution in [3.63, 3.8) is 0 Å². The van der Waals surface area contributed by atoms with Crippen molar-refractivity contribution >= 4 is 55.8 Å².